The van der Waals surface area contributed by atoms with Gasteiger partial charge in [-0.05, 0) is 42.5 Å². The number of carbonyl (C=O) groups excluding carboxylic acids is 1. The number of hydrogen-bond acceptors (Lipinski definition) is 1. The van der Waals surface area contributed by atoms with E-state index in [0.29, 0.717) is 0 Å². The maximum Gasteiger partial charge on any atom is 0.204 e. The molecule has 0 saturated heterocycles. The maximum atomic E-state index is 8.58. The molecule has 0 aliphatic heterocycles. The monoisotopic (exact) mass is 241 g/mol. The normalized spacial score (nSPS) is 12.7. The van der Waals surface area contributed by atoms with Gasteiger partial charge in [0.2, 0.25) is 6.41 Å². The molecule has 0 atom stereocenters. The first-order valence-electron chi connectivity index (χ1n) is 4.20. The van der Waals surface area contributed by atoms with Crippen LogP contribution in [0.25, 0.3) is 0 Å². The Morgan fingerprint density at radius 3 is 2.62 bits per heavy atom. The number of primary amides is 1. The smallest absolute Gasteiger partial charge is 0.204 e. The third-order valence-corrected chi connectivity index (χ3v) is 2.55. The summed E-state index contributed by atoms with van der Waals surface area (Å²) in [6, 6.07) is 6.60. The zero-order valence-corrected chi connectivity index (χ0v) is 8.88. The second kappa shape index (κ2) is 5.02. The molecular formula is C10H12BrNO. The van der Waals surface area contributed by atoms with Gasteiger partial charge in [-0.1, -0.05) is 22.0 Å². The predicted octanol–water partition coefficient (Wildman–Crippen LogP) is 2.04. The number of aryl methyl sites for hydroxylation is 2. The number of halogens is 1. The zero-order chi connectivity index (χ0) is 9.68. The molecule has 0 radical (unpaired) electrons. The average Bonchev–Trinajstić information content (AvgIpc) is 2.52. The molecule has 0 bridgehead atoms. The molecule has 3 heteroatoms. The van der Waals surface area contributed by atoms with Crippen molar-refractivity contribution in [3.63, 3.8) is 0 Å². The van der Waals surface area contributed by atoms with Crippen molar-refractivity contribution in [3.05, 3.63) is 33.8 Å². The van der Waals surface area contributed by atoms with Crippen molar-refractivity contribution >= 4 is 22.3 Å². The molecule has 2 rings (SSSR count). The number of benzene rings is 1. The second-order valence-electron chi connectivity index (χ2n) is 2.90. The largest absolute Gasteiger partial charge is 0.372 e. The van der Waals surface area contributed by atoms with Gasteiger partial charge in [0.05, 0.1) is 0 Å². The number of nitrogens with two attached hydrogens (primary N) is 1. The average molecular weight is 242 g/mol. The molecular weight excluding hydrogens is 230 g/mol. The summed E-state index contributed by atoms with van der Waals surface area (Å²) in [5.41, 5.74) is 7.25. The lowest BCUT2D eigenvalue weighted by atomic mass is 10.1. The summed E-state index contributed by atoms with van der Waals surface area (Å²) in [6.07, 6.45) is 4.14. The van der Waals surface area contributed by atoms with Gasteiger partial charge in [0.1, 0.15) is 0 Å². The lowest BCUT2D eigenvalue weighted by Crippen LogP contribution is -1.82. The van der Waals surface area contributed by atoms with E-state index in [1.54, 1.807) is 5.56 Å². The van der Waals surface area contributed by atoms with Gasteiger partial charge in [0.15, 0.2) is 0 Å². The Morgan fingerprint density at radius 1 is 1.31 bits per heavy atom. The molecule has 70 valence electrons. The third kappa shape index (κ3) is 2.84. The molecule has 1 aliphatic carbocycles. The summed E-state index contributed by atoms with van der Waals surface area (Å²) in [4.78, 5) is 8.58. The Balaban J connectivity index is 0.000000251. The Kier molecular flexibility index (Phi) is 3.96. The van der Waals surface area contributed by atoms with E-state index in [1.807, 2.05) is 0 Å². The standard InChI is InChI=1S/C9H9Br.CH3NO/c10-9-5-4-7-2-1-3-8(7)6-9;2-1-3/h4-6H,1-3H2;1H,(H2,2,3). The van der Waals surface area contributed by atoms with Gasteiger partial charge in [-0.15, -0.1) is 0 Å². The summed E-state index contributed by atoms with van der Waals surface area (Å²) in [6.45, 7) is 0. The highest BCUT2D eigenvalue weighted by atomic mass is 79.9. The highest BCUT2D eigenvalue weighted by Crippen LogP contribution is 2.24. The summed E-state index contributed by atoms with van der Waals surface area (Å²) in [5.74, 6) is 0. The van der Waals surface area contributed by atoms with Gasteiger partial charge in [-0.2, -0.15) is 0 Å². The van der Waals surface area contributed by atoms with E-state index < -0.39 is 0 Å². The first kappa shape index (κ1) is 10.3. The van der Waals surface area contributed by atoms with Crippen LogP contribution in [-0.4, -0.2) is 6.41 Å². The van der Waals surface area contributed by atoms with Crippen molar-refractivity contribution in [1.29, 1.82) is 0 Å². The van der Waals surface area contributed by atoms with Crippen LogP contribution in [0.4, 0.5) is 0 Å². The Bertz CT molecular complexity index is 299. The molecule has 0 fully saturated rings. The highest BCUT2D eigenvalue weighted by Gasteiger charge is 2.09. The maximum absolute atomic E-state index is 8.58. The van der Waals surface area contributed by atoms with Gasteiger partial charge < -0.3 is 5.73 Å². The first-order valence-corrected chi connectivity index (χ1v) is 5.00. The van der Waals surface area contributed by atoms with Gasteiger partial charge >= 0.3 is 0 Å². The van der Waals surface area contributed by atoms with Crippen LogP contribution in [0, 0.1) is 0 Å². The van der Waals surface area contributed by atoms with Crippen LogP contribution in [0.2, 0.25) is 0 Å². The van der Waals surface area contributed by atoms with Crippen LogP contribution in [0.1, 0.15) is 17.5 Å². The summed E-state index contributed by atoms with van der Waals surface area (Å²) >= 11 is 3.46. The Hall–Kier alpha value is -0.830. The van der Waals surface area contributed by atoms with E-state index in [2.05, 4.69) is 39.9 Å². The van der Waals surface area contributed by atoms with E-state index >= 15 is 0 Å². The molecule has 0 heterocycles. The lowest BCUT2D eigenvalue weighted by molar-refractivity contribution is -0.106. The molecule has 0 spiro atoms. The van der Waals surface area contributed by atoms with Gasteiger partial charge in [0, 0.05) is 4.47 Å². The van der Waals surface area contributed by atoms with Crippen molar-refractivity contribution in [3.8, 4) is 0 Å². The number of carbonyl (C=O) groups is 1. The van der Waals surface area contributed by atoms with E-state index in [4.69, 9.17) is 4.79 Å². The van der Waals surface area contributed by atoms with Crippen LogP contribution < -0.4 is 5.73 Å². The Labute approximate surface area is 86.3 Å². The minimum absolute atomic E-state index is 0.250. The predicted molar refractivity (Wildman–Crippen MR) is 56.4 cm³/mol. The molecule has 1 amide bonds. The fourth-order valence-corrected chi connectivity index (χ4v) is 1.95. The van der Waals surface area contributed by atoms with Crippen molar-refractivity contribution in [2.24, 2.45) is 5.73 Å². The number of hydrogen-bond donors (Lipinski definition) is 1. The van der Waals surface area contributed by atoms with Crippen LogP contribution >= 0.6 is 15.9 Å². The molecule has 0 unspecified atom stereocenters. The van der Waals surface area contributed by atoms with Crippen molar-refractivity contribution in [2.45, 2.75) is 19.3 Å². The van der Waals surface area contributed by atoms with Crippen molar-refractivity contribution < 1.29 is 4.79 Å². The first-order chi connectivity index (χ1) is 6.27. The topological polar surface area (TPSA) is 43.1 Å². The Morgan fingerprint density at radius 2 is 1.92 bits per heavy atom. The van der Waals surface area contributed by atoms with E-state index in [0.717, 1.165) is 0 Å². The van der Waals surface area contributed by atoms with Crippen LogP contribution in [0.3, 0.4) is 0 Å². The lowest BCUT2D eigenvalue weighted by Gasteiger charge is -1.97. The fourth-order valence-electron chi connectivity index (χ4n) is 1.54. The minimum Gasteiger partial charge on any atom is -0.372 e. The molecule has 13 heavy (non-hydrogen) atoms. The molecule has 2 nitrogen and oxygen atoms in total. The SMILES string of the molecule is Brc1ccc2c(c1)CCC2.NC=O. The number of fused-ring (bicyclic) bond motifs is 1. The molecule has 0 saturated carbocycles. The summed E-state index contributed by atoms with van der Waals surface area (Å²) < 4.78 is 1.22. The van der Waals surface area contributed by atoms with Gasteiger partial charge in [-0.25, -0.2) is 0 Å². The van der Waals surface area contributed by atoms with E-state index in [9.17, 15) is 0 Å². The zero-order valence-electron chi connectivity index (χ0n) is 7.29. The fraction of sp³-hybridized carbons (Fsp3) is 0.300. The van der Waals surface area contributed by atoms with Crippen LogP contribution in [0.15, 0.2) is 22.7 Å². The highest BCUT2D eigenvalue weighted by molar-refractivity contribution is 9.10. The quantitative estimate of drug-likeness (QED) is 0.695. The number of amides is 1. The molecule has 1 aromatic rings. The molecule has 1 aromatic carbocycles. The molecule has 0 aromatic heterocycles. The van der Waals surface area contributed by atoms with Crippen LogP contribution in [-0.2, 0) is 17.6 Å². The van der Waals surface area contributed by atoms with Crippen molar-refractivity contribution in [2.75, 3.05) is 0 Å². The third-order valence-electron chi connectivity index (χ3n) is 2.06. The minimum atomic E-state index is 0.250. The summed E-state index contributed by atoms with van der Waals surface area (Å²) in [7, 11) is 0. The molecule has 1 aliphatic rings. The molecule has 2 N–H and O–H groups in total. The summed E-state index contributed by atoms with van der Waals surface area (Å²) in [5, 5.41) is 0. The van der Waals surface area contributed by atoms with Gasteiger partial charge in [-0.3, -0.25) is 4.79 Å². The van der Waals surface area contributed by atoms with E-state index in [-0.39, 0.29) is 6.41 Å². The van der Waals surface area contributed by atoms with Gasteiger partial charge in [0.25, 0.3) is 0 Å². The van der Waals surface area contributed by atoms with E-state index in [1.165, 1.54) is 29.3 Å². The number of rotatable bonds is 0. The van der Waals surface area contributed by atoms with Crippen molar-refractivity contribution in [1.82, 2.24) is 0 Å². The second-order valence-corrected chi connectivity index (χ2v) is 3.82. The van der Waals surface area contributed by atoms with Crippen LogP contribution in [0.5, 0.6) is 0 Å².